The van der Waals surface area contributed by atoms with Gasteiger partial charge in [0.2, 0.25) is 0 Å². The van der Waals surface area contributed by atoms with Crippen LogP contribution in [0.5, 0.6) is 11.5 Å². The quantitative estimate of drug-likeness (QED) is 0.934. The summed E-state index contributed by atoms with van der Waals surface area (Å²) in [5.74, 6) is -1.16. The third-order valence-electron chi connectivity index (χ3n) is 2.12. The van der Waals surface area contributed by atoms with E-state index < -0.39 is 11.6 Å². The fraction of sp³-hybridized carbons (Fsp3) is 0.0833. The first-order valence-corrected chi connectivity index (χ1v) is 4.97. The summed E-state index contributed by atoms with van der Waals surface area (Å²) >= 11 is 0. The van der Waals surface area contributed by atoms with E-state index in [2.05, 4.69) is 4.98 Å². The van der Waals surface area contributed by atoms with Gasteiger partial charge in [0.05, 0.1) is 5.69 Å². The molecule has 0 radical (unpaired) electrons. The molecule has 0 aliphatic carbocycles. The van der Waals surface area contributed by atoms with Crippen LogP contribution in [0, 0.1) is 11.6 Å². The van der Waals surface area contributed by atoms with Crippen molar-refractivity contribution in [3.63, 3.8) is 0 Å². The second kappa shape index (κ2) is 6.28. The molecule has 1 aromatic carbocycles. The summed E-state index contributed by atoms with van der Waals surface area (Å²) < 4.78 is 31.0. The molecule has 3 nitrogen and oxygen atoms in total. The molecule has 0 saturated carbocycles. The van der Waals surface area contributed by atoms with Crippen molar-refractivity contribution in [3.8, 4) is 11.5 Å². The van der Waals surface area contributed by atoms with Crippen LogP contribution in [0.4, 0.5) is 8.78 Å². The summed E-state index contributed by atoms with van der Waals surface area (Å²) in [5.41, 5.74) is 6.09. The Morgan fingerprint density at radius 3 is 2.44 bits per heavy atom. The zero-order valence-electron chi connectivity index (χ0n) is 9.27. The summed E-state index contributed by atoms with van der Waals surface area (Å²) in [4.78, 5) is 3.99. The van der Waals surface area contributed by atoms with E-state index in [4.69, 9.17) is 10.5 Å². The SMILES string of the molecule is Cl.NCc1cc(Oc2ccc(F)c(F)c2)ccn1. The Labute approximate surface area is 109 Å². The first-order chi connectivity index (χ1) is 8.19. The predicted molar refractivity (Wildman–Crippen MR) is 65.8 cm³/mol. The first kappa shape index (κ1) is 14.3. The average molecular weight is 273 g/mol. The van der Waals surface area contributed by atoms with Crippen molar-refractivity contribution in [1.29, 1.82) is 0 Å². The van der Waals surface area contributed by atoms with Crippen molar-refractivity contribution in [2.75, 3.05) is 0 Å². The molecule has 6 heteroatoms. The molecule has 0 spiro atoms. The zero-order valence-corrected chi connectivity index (χ0v) is 10.1. The van der Waals surface area contributed by atoms with E-state index >= 15 is 0 Å². The molecule has 0 aliphatic heterocycles. The third kappa shape index (κ3) is 3.38. The zero-order chi connectivity index (χ0) is 12.3. The molecule has 0 aliphatic rings. The number of hydrogen-bond donors (Lipinski definition) is 1. The van der Waals surface area contributed by atoms with E-state index in [1.807, 2.05) is 0 Å². The molecule has 0 atom stereocenters. The van der Waals surface area contributed by atoms with Gasteiger partial charge in [-0.2, -0.15) is 0 Å². The van der Waals surface area contributed by atoms with Crippen molar-refractivity contribution in [1.82, 2.24) is 4.98 Å². The topological polar surface area (TPSA) is 48.1 Å². The van der Waals surface area contributed by atoms with E-state index in [1.54, 1.807) is 12.1 Å². The smallest absolute Gasteiger partial charge is 0.162 e. The lowest BCUT2D eigenvalue weighted by Crippen LogP contribution is -1.99. The summed E-state index contributed by atoms with van der Waals surface area (Å²) in [7, 11) is 0. The maximum absolute atomic E-state index is 12.9. The third-order valence-corrected chi connectivity index (χ3v) is 2.12. The second-order valence-electron chi connectivity index (χ2n) is 3.36. The molecule has 2 rings (SSSR count). The largest absolute Gasteiger partial charge is 0.457 e. The van der Waals surface area contributed by atoms with Gasteiger partial charge in [-0.3, -0.25) is 4.98 Å². The van der Waals surface area contributed by atoms with Crippen LogP contribution in [-0.2, 0) is 6.54 Å². The lowest BCUT2D eigenvalue weighted by atomic mass is 10.3. The van der Waals surface area contributed by atoms with Crippen LogP contribution in [0.15, 0.2) is 36.5 Å². The summed E-state index contributed by atoms with van der Waals surface area (Å²) in [6, 6.07) is 6.59. The van der Waals surface area contributed by atoms with Crippen LogP contribution in [0.3, 0.4) is 0 Å². The van der Waals surface area contributed by atoms with E-state index in [0.29, 0.717) is 11.4 Å². The van der Waals surface area contributed by atoms with Crippen molar-refractivity contribution >= 4 is 12.4 Å². The Hall–Kier alpha value is -1.72. The van der Waals surface area contributed by atoms with Gasteiger partial charge < -0.3 is 10.5 Å². The van der Waals surface area contributed by atoms with Gasteiger partial charge in [-0.05, 0) is 18.2 Å². The van der Waals surface area contributed by atoms with Crippen LogP contribution >= 0.6 is 12.4 Å². The highest BCUT2D eigenvalue weighted by Gasteiger charge is 2.04. The molecule has 1 heterocycles. The maximum atomic E-state index is 12.9. The van der Waals surface area contributed by atoms with Crippen molar-refractivity contribution < 1.29 is 13.5 Å². The normalized spacial score (nSPS) is 9.72. The van der Waals surface area contributed by atoms with Gasteiger partial charge >= 0.3 is 0 Å². The molecule has 0 bridgehead atoms. The van der Waals surface area contributed by atoms with Crippen molar-refractivity contribution in [3.05, 3.63) is 53.9 Å². The minimum atomic E-state index is -0.949. The number of nitrogens with two attached hydrogens (primary N) is 1. The Bertz CT molecular complexity index is 537. The van der Waals surface area contributed by atoms with Crippen molar-refractivity contribution in [2.45, 2.75) is 6.54 Å². The Morgan fingerprint density at radius 1 is 1.06 bits per heavy atom. The Kier molecular flexibility index (Phi) is 5.00. The Morgan fingerprint density at radius 2 is 1.78 bits per heavy atom. The fourth-order valence-electron chi connectivity index (χ4n) is 1.31. The fourth-order valence-corrected chi connectivity index (χ4v) is 1.31. The van der Waals surface area contributed by atoms with Crippen LogP contribution in [-0.4, -0.2) is 4.98 Å². The standard InChI is InChI=1S/C12H10F2N2O.ClH/c13-11-2-1-9(6-12(11)14)17-10-3-4-16-8(5-10)7-15;/h1-6H,7,15H2;1H. The number of aromatic nitrogens is 1. The van der Waals surface area contributed by atoms with Gasteiger partial charge in [-0.15, -0.1) is 12.4 Å². The molecular weight excluding hydrogens is 262 g/mol. The molecule has 96 valence electrons. The number of pyridine rings is 1. The molecule has 0 unspecified atom stereocenters. The molecule has 2 aromatic rings. The molecular formula is C12H11ClF2N2O. The summed E-state index contributed by atoms with van der Waals surface area (Å²) in [5, 5.41) is 0. The lowest BCUT2D eigenvalue weighted by Gasteiger charge is -2.06. The minimum absolute atomic E-state index is 0. The van der Waals surface area contributed by atoms with Crippen LogP contribution in [0.1, 0.15) is 5.69 Å². The molecule has 0 saturated heterocycles. The van der Waals surface area contributed by atoms with E-state index in [-0.39, 0.29) is 24.7 Å². The van der Waals surface area contributed by atoms with Crippen LogP contribution < -0.4 is 10.5 Å². The number of hydrogen-bond acceptors (Lipinski definition) is 3. The van der Waals surface area contributed by atoms with Crippen LogP contribution in [0.2, 0.25) is 0 Å². The summed E-state index contributed by atoms with van der Waals surface area (Å²) in [6.07, 6.45) is 1.54. The molecule has 2 N–H and O–H groups in total. The number of rotatable bonds is 3. The Balaban J connectivity index is 0.00000162. The van der Waals surface area contributed by atoms with Gasteiger partial charge in [0.1, 0.15) is 11.5 Å². The number of benzene rings is 1. The molecule has 0 fully saturated rings. The maximum Gasteiger partial charge on any atom is 0.162 e. The molecule has 0 amide bonds. The predicted octanol–water partition coefficient (Wildman–Crippen LogP) is 3.03. The van der Waals surface area contributed by atoms with Gasteiger partial charge in [-0.25, -0.2) is 8.78 Å². The number of halogens is 3. The van der Waals surface area contributed by atoms with Gasteiger partial charge in [-0.1, -0.05) is 0 Å². The highest BCUT2D eigenvalue weighted by atomic mass is 35.5. The highest BCUT2D eigenvalue weighted by Crippen LogP contribution is 2.23. The van der Waals surface area contributed by atoms with E-state index in [1.165, 1.54) is 12.3 Å². The highest BCUT2D eigenvalue weighted by molar-refractivity contribution is 5.85. The van der Waals surface area contributed by atoms with E-state index in [0.717, 1.165) is 12.1 Å². The number of nitrogens with zero attached hydrogens (tertiary/aromatic N) is 1. The second-order valence-corrected chi connectivity index (χ2v) is 3.36. The van der Waals surface area contributed by atoms with Gasteiger partial charge in [0.15, 0.2) is 11.6 Å². The molecule has 18 heavy (non-hydrogen) atoms. The lowest BCUT2D eigenvalue weighted by molar-refractivity contribution is 0.460. The first-order valence-electron chi connectivity index (χ1n) is 4.97. The summed E-state index contributed by atoms with van der Waals surface area (Å²) in [6.45, 7) is 0.287. The molecule has 1 aromatic heterocycles. The van der Waals surface area contributed by atoms with Crippen LogP contribution in [0.25, 0.3) is 0 Å². The van der Waals surface area contributed by atoms with E-state index in [9.17, 15) is 8.78 Å². The average Bonchev–Trinajstić information content (AvgIpc) is 2.34. The number of ether oxygens (including phenoxy) is 1. The van der Waals surface area contributed by atoms with Gasteiger partial charge in [0.25, 0.3) is 0 Å². The van der Waals surface area contributed by atoms with Crippen molar-refractivity contribution in [2.24, 2.45) is 5.73 Å². The van der Waals surface area contributed by atoms with Gasteiger partial charge in [0, 0.05) is 24.9 Å². The minimum Gasteiger partial charge on any atom is -0.457 e. The monoisotopic (exact) mass is 272 g/mol.